The van der Waals surface area contributed by atoms with E-state index >= 15 is 0 Å². The number of phenolic OH excluding ortho intramolecular Hbond substituents is 1. The van der Waals surface area contributed by atoms with Crippen LogP contribution in [-0.2, 0) is 32.2 Å². The third-order valence-electron chi connectivity index (χ3n) is 10.7. The van der Waals surface area contributed by atoms with Gasteiger partial charge in [-0.15, -0.1) is 11.6 Å². The van der Waals surface area contributed by atoms with Gasteiger partial charge in [-0.3, -0.25) is 19.4 Å². The maximum Gasteiger partial charge on any atom is 0.410 e. The molecule has 4 fully saturated rings. The highest BCUT2D eigenvalue weighted by Crippen LogP contribution is 2.24. The summed E-state index contributed by atoms with van der Waals surface area (Å²) in [6.07, 6.45) is 3.95. The molecule has 0 spiro atoms. The van der Waals surface area contributed by atoms with Gasteiger partial charge in [-0.05, 0) is 104 Å². The largest absolute Gasteiger partial charge is 0.508 e. The van der Waals surface area contributed by atoms with E-state index in [2.05, 4.69) is 21.9 Å². The molecule has 0 bridgehead atoms. The molecule has 4 heterocycles. The van der Waals surface area contributed by atoms with Gasteiger partial charge in [0.05, 0.1) is 0 Å². The van der Waals surface area contributed by atoms with Crippen LogP contribution in [0.15, 0.2) is 36.4 Å². The van der Waals surface area contributed by atoms with Gasteiger partial charge in [-0.2, -0.15) is 0 Å². The number of carbonyl (C=O) groups is 4. The average molecular weight is 872 g/mol. The molecule has 4 aliphatic rings. The summed E-state index contributed by atoms with van der Waals surface area (Å²) in [5, 5.41) is 9.98. The van der Waals surface area contributed by atoms with Gasteiger partial charge in [0, 0.05) is 103 Å². The Morgan fingerprint density at radius 2 is 0.984 bits per heavy atom. The van der Waals surface area contributed by atoms with Crippen LogP contribution < -0.4 is 4.74 Å². The highest BCUT2D eigenvalue weighted by atomic mass is 35.5. The number of halogens is 1. The van der Waals surface area contributed by atoms with Gasteiger partial charge < -0.3 is 38.9 Å². The summed E-state index contributed by atoms with van der Waals surface area (Å²) in [5.41, 5.74) is 3.22. The Hall–Kier alpha value is -4.27. The van der Waals surface area contributed by atoms with E-state index in [0.29, 0.717) is 38.5 Å². The molecule has 0 aliphatic carbocycles. The first-order valence-corrected chi connectivity index (χ1v) is 22.4. The van der Waals surface area contributed by atoms with Crippen molar-refractivity contribution < 1.29 is 38.5 Å². The highest BCUT2D eigenvalue weighted by molar-refractivity contribution is 6.27. The van der Waals surface area contributed by atoms with E-state index in [1.165, 1.54) is 0 Å². The summed E-state index contributed by atoms with van der Waals surface area (Å²) in [7, 11) is 0. The van der Waals surface area contributed by atoms with Gasteiger partial charge in [0.2, 0.25) is 5.91 Å². The number of hydrogen-bond acceptors (Lipinski definition) is 10. The fourth-order valence-electron chi connectivity index (χ4n) is 7.29. The van der Waals surface area contributed by atoms with Crippen molar-refractivity contribution in [3.63, 3.8) is 0 Å². The smallest absolute Gasteiger partial charge is 0.410 e. The summed E-state index contributed by atoms with van der Waals surface area (Å²) in [6, 6.07) is 11.9. The Morgan fingerprint density at radius 1 is 0.574 bits per heavy atom. The molecule has 6 rings (SSSR count). The van der Waals surface area contributed by atoms with Crippen molar-refractivity contribution in [3.8, 4) is 11.5 Å². The van der Waals surface area contributed by atoms with Gasteiger partial charge in [-0.25, -0.2) is 9.59 Å². The third-order valence-corrected chi connectivity index (χ3v) is 10.9. The Kier molecular flexibility index (Phi) is 18.8. The van der Waals surface area contributed by atoms with E-state index in [9.17, 15) is 24.3 Å². The molecule has 0 unspecified atom stereocenters. The second-order valence-corrected chi connectivity index (χ2v) is 18.6. The Labute approximate surface area is 369 Å². The zero-order valence-electron chi connectivity index (χ0n) is 38.0. The molecule has 4 aliphatic heterocycles. The van der Waals surface area contributed by atoms with Crippen LogP contribution in [0, 0.1) is 13.8 Å². The van der Waals surface area contributed by atoms with Crippen molar-refractivity contribution in [3.05, 3.63) is 58.7 Å². The molecule has 4 amide bonds. The first-order chi connectivity index (χ1) is 28.8. The summed E-state index contributed by atoms with van der Waals surface area (Å²) in [5.74, 6) is 1.40. The molecular weight excluding hydrogens is 800 g/mol. The molecule has 2 aromatic carbocycles. The van der Waals surface area contributed by atoms with E-state index in [4.69, 9.17) is 25.8 Å². The van der Waals surface area contributed by atoms with Gasteiger partial charge in [0.25, 0.3) is 5.91 Å². The number of rotatable bonds is 8. The summed E-state index contributed by atoms with van der Waals surface area (Å²) in [6.45, 7) is 26.0. The minimum atomic E-state index is -0.477. The number of alkyl halides is 1. The van der Waals surface area contributed by atoms with Crippen LogP contribution in [-0.4, -0.2) is 161 Å². The van der Waals surface area contributed by atoms with Crippen molar-refractivity contribution in [2.45, 2.75) is 105 Å². The van der Waals surface area contributed by atoms with E-state index in [-0.39, 0.29) is 36.5 Å². The van der Waals surface area contributed by atoms with Gasteiger partial charge in [-0.1, -0.05) is 24.3 Å². The zero-order chi connectivity index (χ0) is 44.7. The number of benzene rings is 2. The molecule has 4 saturated heterocycles. The number of aromatic hydroxyl groups is 1. The second-order valence-electron chi connectivity index (χ2n) is 18.3. The van der Waals surface area contributed by atoms with E-state index in [1.54, 1.807) is 15.9 Å². The predicted octanol–water partition coefficient (Wildman–Crippen LogP) is 6.65. The van der Waals surface area contributed by atoms with Crippen molar-refractivity contribution in [2.75, 3.05) is 91.0 Å². The summed E-state index contributed by atoms with van der Waals surface area (Å²) in [4.78, 5) is 59.2. The monoisotopic (exact) mass is 871 g/mol. The average Bonchev–Trinajstić information content (AvgIpc) is 3.95. The van der Waals surface area contributed by atoms with Gasteiger partial charge in [0.1, 0.15) is 28.6 Å². The summed E-state index contributed by atoms with van der Waals surface area (Å²) >= 11 is 5.34. The fourth-order valence-corrected chi connectivity index (χ4v) is 7.46. The van der Waals surface area contributed by atoms with Crippen LogP contribution >= 0.6 is 11.6 Å². The zero-order valence-corrected chi connectivity index (χ0v) is 38.7. The SMILES string of the molecule is Cc1ccc(CN2CCN(C(=O)OC(C)(C)C)CC2)c(O)c1.Cc1ccc(CN2CCN(C(=O)OC(C)(C)C)CC2)c(OCC(=O)N2CCCC2)c1.O=C(CCl)N1CCCC1. The minimum absolute atomic E-state index is 0.0610. The Morgan fingerprint density at radius 3 is 1.41 bits per heavy atom. The summed E-state index contributed by atoms with van der Waals surface area (Å²) < 4.78 is 16.8. The number of aryl methyl sites for hydroxylation is 2. The standard InChI is InChI=1S/C23H35N3O4.C17H26N2O3.C6H10ClNO/c1-18-7-8-19(20(15-18)29-17-21(27)25-9-5-6-10-25)16-24-11-13-26(14-12-24)22(28)30-23(2,3)4;1-13-5-6-14(15(20)11-13)12-18-7-9-19(10-8-18)16(21)22-17(2,3)4;7-5-6(9)8-3-1-2-4-8/h7-8,15H,5-6,9-14,16-17H2,1-4H3;5-6,11,20H,7-10,12H2,1-4H3;1-5H2. The number of nitrogens with zero attached hydrogens (tertiary/aromatic N) is 6. The molecule has 15 heteroatoms. The maximum atomic E-state index is 12.3. The van der Waals surface area contributed by atoms with Crippen LogP contribution in [0.5, 0.6) is 11.5 Å². The highest BCUT2D eigenvalue weighted by Gasteiger charge is 2.28. The molecule has 14 nitrogen and oxygen atoms in total. The lowest BCUT2D eigenvalue weighted by molar-refractivity contribution is -0.132. The Balaban J connectivity index is 0.000000230. The molecule has 1 N–H and O–H groups in total. The van der Waals surface area contributed by atoms with Crippen LogP contribution in [0.1, 0.15) is 89.5 Å². The molecule has 61 heavy (non-hydrogen) atoms. The van der Waals surface area contributed by atoms with E-state index < -0.39 is 11.2 Å². The van der Waals surface area contributed by atoms with Crippen LogP contribution in [0.3, 0.4) is 0 Å². The minimum Gasteiger partial charge on any atom is -0.508 e. The van der Waals surface area contributed by atoms with Crippen molar-refractivity contribution in [1.29, 1.82) is 0 Å². The molecule has 0 atom stereocenters. The number of ether oxygens (including phenoxy) is 3. The quantitative estimate of drug-likeness (QED) is 0.288. The lowest BCUT2D eigenvalue weighted by Crippen LogP contribution is -2.49. The van der Waals surface area contributed by atoms with Crippen molar-refractivity contribution in [2.24, 2.45) is 0 Å². The molecule has 0 saturated carbocycles. The van der Waals surface area contributed by atoms with Gasteiger partial charge >= 0.3 is 12.2 Å². The number of phenols is 1. The van der Waals surface area contributed by atoms with Crippen molar-refractivity contribution in [1.82, 2.24) is 29.4 Å². The lowest BCUT2D eigenvalue weighted by Gasteiger charge is -2.35. The van der Waals surface area contributed by atoms with Crippen molar-refractivity contribution >= 4 is 35.6 Å². The molecule has 2 aromatic rings. The van der Waals surface area contributed by atoms with Crippen LogP contribution in [0.2, 0.25) is 0 Å². The third kappa shape index (κ3) is 17.2. The topological polar surface area (TPSA) is 136 Å². The maximum absolute atomic E-state index is 12.3. The molecular formula is C46H71ClN6O8. The first-order valence-electron chi connectivity index (χ1n) is 21.8. The fraction of sp³-hybridized carbons (Fsp3) is 0.652. The number of likely N-dealkylation sites (tertiary alicyclic amines) is 2. The number of carbonyl (C=O) groups excluding carboxylic acids is 4. The van der Waals surface area contributed by atoms with Gasteiger partial charge in [0.15, 0.2) is 6.61 Å². The predicted molar refractivity (Wildman–Crippen MR) is 238 cm³/mol. The number of amides is 4. The normalized spacial score (nSPS) is 17.5. The van der Waals surface area contributed by atoms with E-state index in [1.807, 2.05) is 83.4 Å². The lowest BCUT2D eigenvalue weighted by atomic mass is 10.1. The second kappa shape index (κ2) is 23.3. The number of piperazine rings is 2. The molecule has 0 radical (unpaired) electrons. The van der Waals surface area contributed by atoms with E-state index in [0.717, 1.165) is 113 Å². The molecule has 340 valence electrons. The number of hydrogen-bond donors (Lipinski definition) is 1. The van der Waals surface area contributed by atoms with Crippen LogP contribution in [0.25, 0.3) is 0 Å². The first kappa shape index (κ1) is 49.4. The molecule has 0 aromatic heterocycles. The van der Waals surface area contributed by atoms with Crippen LogP contribution in [0.4, 0.5) is 9.59 Å². The Bertz CT molecular complexity index is 1740.